The van der Waals surface area contributed by atoms with E-state index in [0.29, 0.717) is 23.9 Å². The number of carbonyl (C=O) groups is 1. The molecule has 2 rings (SSSR count). The van der Waals surface area contributed by atoms with E-state index < -0.39 is 0 Å². The first-order valence-corrected chi connectivity index (χ1v) is 5.11. The highest BCUT2D eigenvalue weighted by Crippen LogP contribution is 2.21. The molecular weight excluding hydrogens is 216 g/mol. The van der Waals surface area contributed by atoms with Crippen LogP contribution in [0.5, 0.6) is 0 Å². The van der Waals surface area contributed by atoms with Gasteiger partial charge in [0.15, 0.2) is 0 Å². The highest BCUT2D eigenvalue weighted by molar-refractivity contribution is 6.33. The number of amides is 2. The van der Waals surface area contributed by atoms with Crippen molar-refractivity contribution >= 4 is 23.3 Å². The lowest BCUT2D eigenvalue weighted by Gasteiger charge is -2.15. The van der Waals surface area contributed by atoms with Crippen molar-refractivity contribution in [2.75, 3.05) is 18.5 Å². The quantitative estimate of drug-likeness (QED) is 0.800. The minimum Gasteiger partial charge on any atom is -0.305 e. The van der Waals surface area contributed by atoms with Gasteiger partial charge in [-0.3, -0.25) is 4.84 Å². The summed E-state index contributed by atoms with van der Waals surface area (Å²) in [6.45, 7) is 1.21. The highest BCUT2D eigenvalue weighted by Gasteiger charge is 2.19. The number of halogens is 1. The van der Waals surface area contributed by atoms with E-state index >= 15 is 0 Å². The lowest BCUT2D eigenvalue weighted by atomic mass is 10.3. The van der Waals surface area contributed by atoms with Gasteiger partial charge in [0.05, 0.1) is 23.9 Å². The summed E-state index contributed by atoms with van der Waals surface area (Å²) in [6, 6.07) is 6.82. The van der Waals surface area contributed by atoms with Crippen molar-refractivity contribution in [2.24, 2.45) is 0 Å². The maximum absolute atomic E-state index is 11.6. The zero-order chi connectivity index (χ0) is 10.7. The molecule has 0 saturated carbocycles. The number of anilines is 1. The van der Waals surface area contributed by atoms with Crippen LogP contribution in [0.3, 0.4) is 0 Å². The Hall–Kier alpha value is -1.26. The number of hydroxylamine groups is 2. The van der Waals surface area contributed by atoms with E-state index in [1.807, 2.05) is 12.1 Å². The van der Waals surface area contributed by atoms with Crippen LogP contribution in [0, 0.1) is 0 Å². The van der Waals surface area contributed by atoms with E-state index in [-0.39, 0.29) is 6.03 Å². The molecule has 0 radical (unpaired) electrons. The normalized spacial score (nSPS) is 15.4. The van der Waals surface area contributed by atoms with Crippen LogP contribution < -0.4 is 5.32 Å². The SMILES string of the molecule is O=C(Nc1ccccc1Cl)N1CCCO1. The second-order valence-corrected chi connectivity index (χ2v) is 3.61. The Labute approximate surface area is 92.7 Å². The summed E-state index contributed by atoms with van der Waals surface area (Å²) in [4.78, 5) is 16.7. The summed E-state index contributed by atoms with van der Waals surface area (Å²) >= 11 is 5.90. The molecule has 4 nitrogen and oxygen atoms in total. The van der Waals surface area contributed by atoms with Gasteiger partial charge in [-0.1, -0.05) is 23.7 Å². The van der Waals surface area contributed by atoms with Gasteiger partial charge in [0.2, 0.25) is 0 Å². The Morgan fingerprint density at radius 3 is 2.93 bits per heavy atom. The molecule has 1 N–H and O–H groups in total. The number of hydrogen-bond donors (Lipinski definition) is 1. The molecule has 1 saturated heterocycles. The maximum atomic E-state index is 11.6. The lowest BCUT2D eigenvalue weighted by molar-refractivity contribution is -0.0614. The van der Waals surface area contributed by atoms with Crippen LogP contribution in [-0.4, -0.2) is 24.2 Å². The second-order valence-electron chi connectivity index (χ2n) is 3.20. The third-order valence-electron chi connectivity index (χ3n) is 2.09. The van der Waals surface area contributed by atoms with Crippen molar-refractivity contribution in [3.63, 3.8) is 0 Å². The molecule has 1 heterocycles. The first-order chi connectivity index (χ1) is 7.27. The van der Waals surface area contributed by atoms with Gasteiger partial charge in [-0.15, -0.1) is 0 Å². The first-order valence-electron chi connectivity index (χ1n) is 4.73. The number of carbonyl (C=O) groups excluding carboxylic acids is 1. The summed E-state index contributed by atoms with van der Waals surface area (Å²) < 4.78 is 0. The van der Waals surface area contributed by atoms with Gasteiger partial charge in [0.25, 0.3) is 0 Å². The lowest BCUT2D eigenvalue weighted by Crippen LogP contribution is -2.31. The smallest absolute Gasteiger partial charge is 0.305 e. The van der Waals surface area contributed by atoms with E-state index in [0.717, 1.165) is 6.42 Å². The molecule has 1 fully saturated rings. The third kappa shape index (κ3) is 2.40. The van der Waals surface area contributed by atoms with Crippen LogP contribution in [0.2, 0.25) is 5.02 Å². The number of benzene rings is 1. The predicted molar refractivity (Wildman–Crippen MR) is 57.7 cm³/mol. The fraction of sp³-hybridized carbons (Fsp3) is 0.300. The fourth-order valence-corrected chi connectivity index (χ4v) is 1.53. The third-order valence-corrected chi connectivity index (χ3v) is 2.42. The van der Waals surface area contributed by atoms with Gasteiger partial charge in [-0.05, 0) is 18.6 Å². The van der Waals surface area contributed by atoms with Crippen molar-refractivity contribution in [2.45, 2.75) is 6.42 Å². The molecule has 1 aromatic rings. The molecule has 1 aromatic carbocycles. The van der Waals surface area contributed by atoms with E-state index in [1.54, 1.807) is 12.1 Å². The Morgan fingerprint density at radius 1 is 1.47 bits per heavy atom. The molecule has 0 atom stereocenters. The van der Waals surface area contributed by atoms with Crippen LogP contribution >= 0.6 is 11.6 Å². The molecule has 0 bridgehead atoms. The minimum atomic E-state index is -0.277. The van der Waals surface area contributed by atoms with Crippen LogP contribution in [0.1, 0.15) is 6.42 Å². The van der Waals surface area contributed by atoms with Gasteiger partial charge in [0.1, 0.15) is 0 Å². The molecule has 0 aromatic heterocycles. The standard InChI is InChI=1S/C10H11ClN2O2/c11-8-4-1-2-5-9(8)12-10(14)13-6-3-7-15-13/h1-2,4-5H,3,6-7H2,(H,12,14). The van der Waals surface area contributed by atoms with Gasteiger partial charge in [0, 0.05) is 0 Å². The Bertz CT molecular complexity index is 364. The van der Waals surface area contributed by atoms with Crippen LogP contribution in [0.15, 0.2) is 24.3 Å². The maximum Gasteiger partial charge on any atom is 0.345 e. The van der Waals surface area contributed by atoms with Crippen LogP contribution in [-0.2, 0) is 4.84 Å². The fourth-order valence-electron chi connectivity index (χ4n) is 1.35. The van der Waals surface area contributed by atoms with E-state index in [2.05, 4.69) is 5.32 Å². The summed E-state index contributed by atoms with van der Waals surface area (Å²) in [5, 5.41) is 4.51. The Morgan fingerprint density at radius 2 is 2.27 bits per heavy atom. The molecule has 1 aliphatic rings. The van der Waals surface area contributed by atoms with Crippen molar-refractivity contribution in [1.29, 1.82) is 0 Å². The second kappa shape index (κ2) is 4.51. The number of hydrogen-bond acceptors (Lipinski definition) is 2. The average molecular weight is 227 g/mol. The van der Waals surface area contributed by atoms with E-state index in [4.69, 9.17) is 16.4 Å². The molecule has 80 valence electrons. The largest absolute Gasteiger partial charge is 0.345 e. The van der Waals surface area contributed by atoms with Crippen molar-refractivity contribution in [3.05, 3.63) is 29.3 Å². The minimum absolute atomic E-state index is 0.277. The Kier molecular flexibility index (Phi) is 3.08. The van der Waals surface area contributed by atoms with Crippen LogP contribution in [0.4, 0.5) is 10.5 Å². The zero-order valence-corrected chi connectivity index (χ0v) is 8.83. The number of nitrogens with zero attached hydrogens (tertiary/aromatic N) is 1. The Balaban J connectivity index is 2.02. The molecule has 0 spiro atoms. The summed E-state index contributed by atoms with van der Waals surface area (Å²) in [5.41, 5.74) is 0.597. The molecular formula is C10H11ClN2O2. The summed E-state index contributed by atoms with van der Waals surface area (Å²) in [7, 11) is 0. The van der Waals surface area contributed by atoms with Crippen molar-refractivity contribution in [1.82, 2.24) is 5.06 Å². The first kappa shape index (κ1) is 10.3. The van der Waals surface area contributed by atoms with Crippen molar-refractivity contribution in [3.8, 4) is 0 Å². The molecule has 2 amide bonds. The van der Waals surface area contributed by atoms with Gasteiger partial charge < -0.3 is 5.32 Å². The summed E-state index contributed by atoms with van der Waals surface area (Å²) in [5.74, 6) is 0. The van der Waals surface area contributed by atoms with Gasteiger partial charge >= 0.3 is 6.03 Å². The van der Waals surface area contributed by atoms with Crippen LogP contribution in [0.25, 0.3) is 0 Å². The highest BCUT2D eigenvalue weighted by atomic mass is 35.5. The van der Waals surface area contributed by atoms with Gasteiger partial charge in [-0.2, -0.15) is 0 Å². The molecule has 1 aliphatic heterocycles. The zero-order valence-electron chi connectivity index (χ0n) is 8.07. The predicted octanol–water partition coefficient (Wildman–Crippen LogP) is 2.51. The number of para-hydroxylation sites is 1. The molecule has 0 unspecified atom stereocenters. The number of urea groups is 1. The molecule has 15 heavy (non-hydrogen) atoms. The van der Waals surface area contributed by atoms with E-state index in [9.17, 15) is 4.79 Å². The summed E-state index contributed by atoms with van der Waals surface area (Å²) in [6.07, 6.45) is 0.871. The average Bonchev–Trinajstić information content (AvgIpc) is 2.74. The topological polar surface area (TPSA) is 41.6 Å². The molecule has 5 heteroatoms. The van der Waals surface area contributed by atoms with E-state index in [1.165, 1.54) is 5.06 Å². The number of nitrogens with one attached hydrogen (secondary N) is 1. The number of rotatable bonds is 1. The van der Waals surface area contributed by atoms with Crippen molar-refractivity contribution < 1.29 is 9.63 Å². The van der Waals surface area contributed by atoms with Gasteiger partial charge in [-0.25, -0.2) is 9.86 Å². The monoisotopic (exact) mass is 226 g/mol. The molecule has 0 aliphatic carbocycles.